The summed E-state index contributed by atoms with van der Waals surface area (Å²) in [7, 11) is 0.770. The first-order valence-electron chi connectivity index (χ1n) is 18.4. The van der Waals surface area contributed by atoms with Gasteiger partial charge in [0, 0.05) is 0 Å². The molecule has 0 aromatic rings. The number of hydrogen-bond donors (Lipinski definition) is 0. The molecule has 6 saturated carbocycles. The fraction of sp³-hybridized carbons (Fsp3) is 1.00. The standard InChI is InChI=1S/2C18H33P.2ClH.Ru/c2*1-4-10-16(11-5-1)19(17-12-6-2-7-13-17)18-14-8-3-9-15-18;;;/h2*16-18H,1-15H2;2*1H;/q;;;;+2/p-2. The van der Waals surface area contributed by atoms with E-state index in [9.17, 15) is 0 Å². The van der Waals surface area contributed by atoms with Crippen LogP contribution in [0.5, 0.6) is 0 Å². The van der Waals surface area contributed by atoms with Crippen LogP contribution < -0.4 is 24.8 Å². The fourth-order valence-corrected chi connectivity index (χ4v) is 19.4. The molecule has 6 fully saturated rings. The SMILES string of the molecule is C1CCC(P(C2CCCCC2)C2CCCCC2)CC1.C1CCC(P(C2CCCCC2)C2CCCCC2)CC1.[Cl-].[Cl-].[Ru+2]. The molecule has 0 atom stereocenters. The Morgan fingerprint density at radius 1 is 0.220 bits per heavy atom. The van der Waals surface area contributed by atoms with Crippen LogP contribution in [0.4, 0.5) is 0 Å². The van der Waals surface area contributed by atoms with E-state index in [-0.39, 0.29) is 44.3 Å². The summed E-state index contributed by atoms with van der Waals surface area (Å²) in [5, 5.41) is 0. The van der Waals surface area contributed by atoms with Crippen LogP contribution in [0, 0.1) is 0 Å². The summed E-state index contributed by atoms with van der Waals surface area (Å²) < 4.78 is 0. The van der Waals surface area contributed by atoms with Crippen molar-refractivity contribution >= 4 is 15.8 Å². The Morgan fingerprint density at radius 2 is 0.341 bits per heavy atom. The molecule has 0 aromatic heterocycles. The van der Waals surface area contributed by atoms with Gasteiger partial charge >= 0.3 is 19.5 Å². The van der Waals surface area contributed by atoms with Crippen molar-refractivity contribution in [1.29, 1.82) is 0 Å². The van der Waals surface area contributed by atoms with E-state index in [2.05, 4.69) is 0 Å². The van der Waals surface area contributed by atoms with Gasteiger partial charge in [0.25, 0.3) is 0 Å². The van der Waals surface area contributed by atoms with Crippen molar-refractivity contribution in [3.63, 3.8) is 0 Å². The molecule has 5 heteroatoms. The molecule has 6 aliphatic carbocycles. The van der Waals surface area contributed by atoms with Crippen molar-refractivity contribution in [1.82, 2.24) is 0 Å². The third kappa shape index (κ3) is 12.3. The molecule has 0 spiro atoms. The van der Waals surface area contributed by atoms with Crippen LogP contribution in [-0.2, 0) is 19.5 Å². The van der Waals surface area contributed by atoms with Crippen molar-refractivity contribution in [3.05, 3.63) is 0 Å². The molecule has 41 heavy (non-hydrogen) atoms. The Balaban J connectivity index is 0.000000267. The van der Waals surface area contributed by atoms with Crippen molar-refractivity contribution < 1.29 is 44.3 Å². The molecule has 0 unspecified atom stereocenters. The summed E-state index contributed by atoms with van der Waals surface area (Å²) in [5.41, 5.74) is 7.14. The molecule has 0 bridgehead atoms. The molecule has 0 nitrogen and oxygen atoms in total. The molecule has 0 heterocycles. The largest absolute Gasteiger partial charge is 2.00 e. The van der Waals surface area contributed by atoms with Gasteiger partial charge in [0.2, 0.25) is 0 Å². The van der Waals surface area contributed by atoms with Gasteiger partial charge in [-0.3, -0.25) is 0 Å². The molecular formula is C36H66Cl2P2Ru. The van der Waals surface area contributed by atoms with Crippen LogP contribution in [0.15, 0.2) is 0 Å². The molecule has 0 saturated heterocycles. The van der Waals surface area contributed by atoms with Crippen LogP contribution in [0.25, 0.3) is 0 Å². The third-order valence-corrected chi connectivity index (χ3v) is 20.1. The molecule has 0 aromatic carbocycles. The van der Waals surface area contributed by atoms with Crippen molar-refractivity contribution in [2.45, 2.75) is 227 Å². The molecule has 0 aliphatic heterocycles. The predicted octanol–water partition coefficient (Wildman–Crippen LogP) is 6.94. The zero-order chi connectivity index (χ0) is 25.8. The van der Waals surface area contributed by atoms with Gasteiger partial charge in [-0.05, 0) is 111 Å². The zero-order valence-corrected chi connectivity index (χ0v) is 31.7. The number of halogens is 2. The molecule has 0 amide bonds. The molecular weight excluding hydrogens is 666 g/mol. The van der Waals surface area contributed by atoms with Gasteiger partial charge in [0.1, 0.15) is 0 Å². The second-order valence-electron chi connectivity index (χ2n) is 14.6. The zero-order valence-electron chi connectivity index (χ0n) is 26.7. The minimum atomic E-state index is 0. The summed E-state index contributed by atoms with van der Waals surface area (Å²) in [6, 6.07) is 0. The normalized spacial score (nSPS) is 26.8. The van der Waals surface area contributed by atoms with Gasteiger partial charge in [-0.2, -0.15) is 0 Å². The topological polar surface area (TPSA) is 0 Å². The van der Waals surface area contributed by atoms with Gasteiger partial charge < -0.3 is 24.8 Å². The van der Waals surface area contributed by atoms with Gasteiger partial charge in [-0.1, -0.05) is 131 Å². The van der Waals surface area contributed by atoms with Gasteiger partial charge in [0.05, 0.1) is 0 Å². The smallest absolute Gasteiger partial charge is 1.00 e. The van der Waals surface area contributed by atoms with Crippen LogP contribution in [-0.4, -0.2) is 34.0 Å². The Bertz CT molecular complexity index is 475. The van der Waals surface area contributed by atoms with Crippen LogP contribution in [0.2, 0.25) is 0 Å². The van der Waals surface area contributed by atoms with E-state index in [0.717, 1.165) is 0 Å². The average molecular weight is 733 g/mol. The second-order valence-corrected chi connectivity index (χ2v) is 20.8. The first-order chi connectivity index (χ1) is 18.9. The third-order valence-electron chi connectivity index (χ3n) is 12.0. The molecule has 0 N–H and O–H groups in total. The summed E-state index contributed by atoms with van der Waals surface area (Å²) in [6.45, 7) is 0. The Kier molecular flexibility index (Phi) is 21.6. The minimum Gasteiger partial charge on any atom is -1.00 e. The van der Waals surface area contributed by atoms with Crippen molar-refractivity contribution in [2.24, 2.45) is 0 Å². The molecule has 6 rings (SSSR count). The van der Waals surface area contributed by atoms with Crippen LogP contribution in [0.3, 0.4) is 0 Å². The van der Waals surface area contributed by atoms with Gasteiger partial charge in [-0.15, -0.1) is 0 Å². The van der Waals surface area contributed by atoms with E-state index in [0.29, 0.717) is 15.8 Å². The summed E-state index contributed by atoms with van der Waals surface area (Å²) in [5.74, 6) is 0. The summed E-state index contributed by atoms with van der Waals surface area (Å²) in [4.78, 5) is 0. The molecule has 0 radical (unpaired) electrons. The minimum absolute atomic E-state index is 0. The van der Waals surface area contributed by atoms with Crippen LogP contribution in [0.1, 0.15) is 193 Å². The fourth-order valence-electron chi connectivity index (χ4n) is 10.1. The van der Waals surface area contributed by atoms with E-state index >= 15 is 0 Å². The van der Waals surface area contributed by atoms with E-state index < -0.39 is 0 Å². The first-order valence-corrected chi connectivity index (χ1v) is 21.5. The maximum atomic E-state index is 1.61. The van der Waals surface area contributed by atoms with E-state index in [1.807, 2.05) is 0 Å². The van der Waals surface area contributed by atoms with Gasteiger partial charge in [0.15, 0.2) is 0 Å². The Labute approximate surface area is 285 Å². The Morgan fingerprint density at radius 3 is 0.463 bits per heavy atom. The monoisotopic (exact) mass is 732 g/mol. The maximum Gasteiger partial charge on any atom is 2.00 e. The van der Waals surface area contributed by atoms with Crippen molar-refractivity contribution in [3.8, 4) is 0 Å². The quantitative estimate of drug-likeness (QED) is 0.205. The van der Waals surface area contributed by atoms with E-state index in [1.165, 1.54) is 72.5 Å². The summed E-state index contributed by atoms with van der Waals surface area (Å²) >= 11 is 0. The number of rotatable bonds is 6. The average Bonchev–Trinajstić information content (AvgIpc) is 3.01. The van der Waals surface area contributed by atoms with Crippen molar-refractivity contribution in [2.75, 3.05) is 0 Å². The summed E-state index contributed by atoms with van der Waals surface area (Å²) in [6.07, 6.45) is 47.2. The first kappa shape index (κ1) is 39.2. The van der Waals surface area contributed by atoms with Gasteiger partial charge in [-0.25, -0.2) is 0 Å². The number of hydrogen-bond acceptors (Lipinski definition) is 0. The van der Waals surface area contributed by atoms with E-state index in [1.54, 1.807) is 154 Å². The molecule has 242 valence electrons. The second kappa shape index (κ2) is 22.6. The van der Waals surface area contributed by atoms with E-state index in [4.69, 9.17) is 0 Å². The maximum absolute atomic E-state index is 1.61. The Hall–Kier alpha value is 2.06. The molecule has 6 aliphatic rings. The van der Waals surface area contributed by atoms with Crippen LogP contribution >= 0.6 is 15.8 Å². The predicted molar refractivity (Wildman–Crippen MR) is 175 cm³/mol.